The van der Waals surface area contributed by atoms with Crippen LogP contribution in [-0.4, -0.2) is 16.1 Å². The fraction of sp³-hybridized carbons (Fsp3) is 0.0625. The third kappa shape index (κ3) is 3.03. The number of anilines is 1. The number of H-pyrrole nitrogens is 2. The first-order valence-electron chi connectivity index (χ1n) is 6.82. The average molecular weight is 313 g/mol. The Hall–Kier alpha value is -3.22. The van der Waals surface area contributed by atoms with E-state index in [0.717, 1.165) is 0 Å². The second kappa shape index (κ2) is 5.88. The van der Waals surface area contributed by atoms with E-state index in [2.05, 4.69) is 15.5 Å². The lowest BCUT2D eigenvalue weighted by molar-refractivity contribution is -0.115. The number of aromatic amines is 2. The molecule has 116 valence electrons. The summed E-state index contributed by atoms with van der Waals surface area (Å²) in [6, 6.07) is 10.3. The first-order valence-corrected chi connectivity index (χ1v) is 6.82. The Morgan fingerprint density at radius 1 is 1.04 bits per heavy atom. The van der Waals surface area contributed by atoms with E-state index in [4.69, 9.17) is 0 Å². The number of carbonyl (C=O) groups is 1. The third-order valence-corrected chi connectivity index (χ3v) is 3.35. The minimum atomic E-state index is -0.513. The van der Waals surface area contributed by atoms with E-state index < -0.39 is 22.8 Å². The van der Waals surface area contributed by atoms with Gasteiger partial charge in [0.05, 0.1) is 22.9 Å². The number of halogens is 1. The molecule has 23 heavy (non-hydrogen) atoms. The Kier molecular flexibility index (Phi) is 3.76. The van der Waals surface area contributed by atoms with Crippen molar-refractivity contribution in [1.29, 1.82) is 0 Å². The molecule has 0 bridgehead atoms. The monoisotopic (exact) mass is 313 g/mol. The van der Waals surface area contributed by atoms with Crippen LogP contribution >= 0.6 is 0 Å². The first kappa shape index (κ1) is 14.7. The van der Waals surface area contributed by atoms with Crippen molar-refractivity contribution in [2.45, 2.75) is 6.42 Å². The number of fused-ring (bicyclic) bond motifs is 1. The van der Waals surface area contributed by atoms with Crippen molar-refractivity contribution >= 4 is 22.4 Å². The van der Waals surface area contributed by atoms with Crippen molar-refractivity contribution in [3.8, 4) is 0 Å². The summed E-state index contributed by atoms with van der Waals surface area (Å²) in [5.41, 5.74) is -0.229. The van der Waals surface area contributed by atoms with E-state index in [0.29, 0.717) is 5.56 Å². The van der Waals surface area contributed by atoms with Gasteiger partial charge in [0.25, 0.3) is 11.1 Å². The summed E-state index contributed by atoms with van der Waals surface area (Å²) < 4.78 is 13.1. The highest BCUT2D eigenvalue weighted by molar-refractivity contribution is 6.01. The lowest BCUT2D eigenvalue weighted by Gasteiger charge is -2.08. The molecule has 0 unspecified atom stereocenters. The highest BCUT2D eigenvalue weighted by Crippen LogP contribution is 2.17. The maximum absolute atomic E-state index is 13.1. The fourth-order valence-corrected chi connectivity index (χ4v) is 2.36. The molecule has 1 aromatic heterocycles. The Morgan fingerprint density at radius 2 is 1.78 bits per heavy atom. The van der Waals surface area contributed by atoms with Crippen molar-refractivity contribution < 1.29 is 9.18 Å². The van der Waals surface area contributed by atoms with E-state index in [1.807, 2.05) is 0 Å². The van der Waals surface area contributed by atoms with E-state index in [9.17, 15) is 18.8 Å². The zero-order chi connectivity index (χ0) is 16.4. The third-order valence-electron chi connectivity index (χ3n) is 3.35. The molecule has 0 radical (unpaired) electrons. The highest BCUT2D eigenvalue weighted by Gasteiger charge is 2.11. The molecule has 1 amide bonds. The number of carbonyl (C=O) groups excluding carboxylic acids is 1. The van der Waals surface area contributed by atoms with Gasteiger partial charge in [-0.05, 0) is 29.8 Å². The molecule has 0 saturated heterocycles. The van der Waals surface area contributed by atoms with Gasteiger partial charge in [-0.2, -0.15) is 0 Å². The van der Waals surface area contributed by atoms with Crippen molar-refractivity contribution in [3.63, 3.8) is 0 Å². The Labute approximate surface area is 129 Å². The van der Waals surface area contributed by atoms with Crippen LogP contribution in [-0.2, 0) is 11.2 Å². The summed E-state index contributed by atoms with van der Waals surface area (Å²) in [7, 11) is 0. The van der Waals surface area contributed by atoms with E-state index >= 15 is 0 Å². The van der Waals surface area contributed by atoms with Crippen LogP contribution in [0.5, 0.6) is 0 Å². The quantitative estimate of drug-likeness (QED) is 0.684. The molecule has 6 nitrogen and oxygen atoms in total. The zero-order valence-corrected chi connectivity index (χ0v) is 11.9. The molecule has 2 aromatic carbocycles. The van der Waals surface area contributed by atoms with Crippen LogP contribution < -0.4 is 16.4 Å². The maximum atomic E-state index is 13.1. The van der Waals surface area contributed by atoms with Crippen molar-refractivity contribution in [3.05, 3.63) is 74.6 Å². The average Bonchev–Trinajstić information content (AvgIpc) is 2.51. The second-order valence-corrected chi connectivity index (χ2v) is 4.99. The van der Waals surface area contributed by atoms with Crippen molar-refractivity contribution in [1.82, 2.24) is 10.2 Å². The molecule has 7 heteroatoms. The van der Waals surface area contributed by atoms with Gasteiger partial charge in [0.1, 0.15) is 5.82 Å². The predicted octanol–water partition coefficient (Wildman–Crippen LogP) is 1.54. The Balaban J connectivity index is 1.93. The molecule has 3 aromatic rings. The standard InChI is InChI=1S/C16H12FN3O3/c17-10-4-1-3-9(7-10)8-13(21)18-12-6-2-5-11-14(12)16(23)20-19-15(11)22/h1-7H,8H2,(H,18,21)(H,19,22)(H,20,23). The molecule has 0 fully saturated rings. The predicted molar refractivity (Wildman–Crippen MR) is 83.9 cm³/mol. The van der Waals surface area contributed by atoms with Crippen LogP contribution in [0.1, 0.15) is 5.56 Å². The van der Waals surface area contributed by atoms with Crippen LogP contribution in [0.2, 0.25) is 0 Å². The normalized spacial score (nSPS) is 10.7. The number of nitrogens with one attached hydrogen (secondary N) is 3. The highest BCUT2D eigenvalue weighted by atomic mass is 19.1. The Bertz CT molecular complexity index is 1010. The van der Waals surface area contributed by atoms with Crippen molar-refractivity contribution in [2.75, 3.05) is 5.32 Å². The number of amides is 1. The van der Waals surface area contributed by atoms with E-state index in [-0.39, 0.29) is 22.9 Å². The summed E-state index contributed by atoms with van der Waals surface area (Å²) >= 11 is 0. The van der Waals surface area contributed by atoms with Gasteiger partial charge in [0.15, 0.2) is 0 Å². The SMILES string of the molecule is O=C(Cc1cccc(F)c1)Nc1cccc2c(=O)[nH][nH]c(=O)c12. The van der Waals surface area contributed by atoms with E-state index in [1.54, 1.807) is 12.1 Å². The second-order valence-electron chi connectivity index (χ2n) is 4.99. The summed E-state index contributed by atoms with van der Waals surface area (Å²) in [6.07, 6.45) is -0.0464. The number of aromatic nitrogens is 2. The van der Waals surface area contributed by atoms with Crippen molar-refractivity contribution in [2.24, 2.45) is 0 Å². The molecule has 3 rings (SSSR count). The summed E-state index contributed by atoms with van der Waals surface area (Å²) in [6.45, 7) is 0. The molecule has 0 saturated carbocycles. The van der Waals surface area contributed by atoms with Gasteiger partial charge >= 0.3 is 0 Å². The van der Waals surface area contributed by atoms with Gasteiger partial charge < -0.3 is 5.32 Å². The van der Waals surface area contributed by atoms with Crippen LogP contribution in [0, 0.1) is 5.82 Å². The van der Waals surface area contributed by atoms with Crippen LogP contribution in [0.25, 0.3) is 10.8 Å². The van der Waals surface area contributed by atoms with Gasteiger partial charge in [0.2, 0.25) is 5.91 Å². The smallest absolute Gasteiger partial charge is 0.272 e. The maximum Gasteiger partial charge on any atom is 0.272 e. The summed E-state index contributed by atoms with van der Waals surface area (Å²) in [5.74, 6) is -0.841. The number of hydrogen-bond acceptors (Lipinski definition) is 3. The zero-order valence-electron chi connectivity index (χ0n) is 11.9. The minimum Gasteiger partial charge on any atom is -0.325 e. The van der Waals surface area contributed by atoms with Gasteiger partial charge in [-0.1, -0.05) is 18.2 Å². The van der Waals surface area contributed by atoms with Crippen LogP contribution in [0.3, 0.4) is 0 Å². The van der Waals surface area contributed by atoms with Gasteiger partial charge in [-0.3, -0.25) is 24.6 Å². The molecule has 3 N–H and O–H groups in total. The summed E-state index contributed by atoms with van der Waals surface area (Å²) in [5, 5.41) is 7.31. The molecule has 0 aliphatic carbocycles. The van der Waals surface area contributed by atoms with Crippen LogP contribution in [0.15, 0.2) is 52.1 Å². The lowest BCUT2D eigenvalue weighted by Crippen LogP contribution is -2.22. The molecule has 0 aliphatic heterocycles. The largest absolute Gasteiger partial charge is 0.325 e. The fourth-order valence-electron chi connectivity index (χ4n) is 2.36. The molecule has 0 atom stereocenters. The number of hydrogen-bond donors (Lipinski definition) is 3. The van der Waals surface area contributed by atoms with E-state index in [1.165, 1.54) is 30.3 Å². The molecule has 1 heterocycles. The molecular weight excluding hydrogens is 301 g/mol. The minimum absolute atomic E-state index is 0.0464. The number of rotatable bonds is 3. The molecular formula is C16H12FN3O3. The molecule has 0 spiro atoms. The Morgan fingerprint density at radius 3 is 2.57 bits per heavy atom. The van der Waals surface area contributed by atoms with Crippen LogP contribution in [0.4, 0.5) is 10.1 Å². The van der Waals surface area contributed by atoms with Gasteiger partial charge in [-0.15, -0.1) is 0 Å². The summed E-state index contributed by atoms with van der Waals surface area (Å²) in [4.78, 5) is 35.7. The van der Waals surface area contributed by atoms with Gasteiger partial charge in [0, 0.05) is 0 Å². The van der Waals surface area contributed by atoms with Gasteiger partial charge in [-0.25, -0.2) is 4.39 Å². The first-order chi connectivity index (χ1) is 11.0. The molecule has 0 aliphatic rings. The lowest BCUT2D eigenvalue weighted by atomic mass is 10.1. The number of benzene rings is 2. The topological polar surface area (TPSA) is 94.8 Å².